The van der Waals surface area contributed by atoms with Crippen molar-refractivity contribution in [1.29, 1.82) is 0 Å². The number of nitrogens with one attached hydrogen (secondary N) is 1. The van der Waals surface area contributed by atoms with Crippen LogP contribution in [0.15, 0.2) is 48.5 Å². The SMILES string of the molecule is CC(C)C(=O)CCSSCCNC(=O)CCC(=O)N1Cc2ccccc2/C=C\c2ccccc21. The Morgan fingerprint density at radius 2 is 1.56 bits per heavy atom. The van der Waals surface area contributed by atoms with Crippen LogP contribution in [0.1, 0.15) is 49.8 Å². The molecule has 2 aromatic rings. The van der Waals surface area contributed by atoms with Gasteiger partial charge in [-0.1, -0.05) is 90.1 Å². The number of carbonyl (C=O) groups excluding carboxylic acids is 3. The fourth-order valence-corrected chi connectivity index (χ4v) is 5.51. The number of carbonyl (C=O) groups is 3. The van der Waals surface area contributed by atoms with Gasteiger partial charge in [-0.15, -0.1) is 0 Å². The lowest BCUT2D eigenvalue weighted by Crippen LogP contribution is -2.33. The van der Waals surface area contributed by atoms with Crippen molar-refractivity contribution in [3.05, 3.63) is 65.2 Å². The summed E-state index contributed by atoms with van der Waals surface area (Å²) in [5.41, 5.74) is 4.02. The van der Waals surface area contributed by atoms with E-state index < -0.39 is 0 Å². The van der Waals surface area contributed by atoms with Crippen molar-refractivity contribution < 1.29 is 14.4 Å². The number of nitrogens with zero attached hydrogens (tertiary/aromatic N) is 1. The maximum Gasteiger partial charge on any atom is 0.227 e. The Morgan fingerprint density at radius 1 is 0.882 bits per heavy atom. The Balaban J connectivity index is 1.46. The van der Waals surface area contributed by atoms with Crippen molar-refractivity contribution in [3.8, 4) is 0 Å². The third kappa shape index (κ3) is 7.77. The second kappa shape index (κ2) is 13.4. The fourth-order valence-electron chi connectivity index (χ4n) is 3.60. The molecule has 2 aromatic carbocycles. The molecule has 3 rings (SSSR count). The molecule has 0 atom stereocenters. The summed E-state index contributed by atoms with van der Waals surface area (Å²) in [5.74, 6) is 1.75. The van der Waals surface area contributed by atoms with Crippen LogP contribution in [-0.4, -0.2) is 35.6 Å². The summed E-state index contributed by atoms with van der Waals surface area (Å²) in [6.07, 6.45) is 5.03. The van der Waals surface area contributed by atoms with Gasteiger partial charge < -0.3 is 10.2 Å². The summed E-state index contributed by atoms with van der Waals surface area (Å²) in [5, 5.41) is 2.89. The predicted octanol–water partition coefficient (Wildman–Crippen LogP) is 5.60. The zero-order valence-corrected chi connectivity index (χ0v) is 21.4. The van der Waals surface area contributed by atoms with Crippen LogP contribution in [0.4, 0.5) is 5.69 Å². The number of fused-ring (bicyclic) bond motifs is 2. The molecule has 1 heterocycles. The molecule has 0 fully saturated rings. The van der Waals surface area contributed by atoms with E-state index >= 15 is 0 Å². The first-order valence-electron chi connectivity index (χ1n) is 11.6. The number of rotatable bonds is 11. The van der Waals surface area contributed by atoms with E-state index in [1.54, 1.807) is 26.5 Å². The molecule has 0 aliphatic carbocycles. The summed E-state index contributed by atoms with van der Waals surface area (Å²) in [6, 6.07) is 15.9. The first kappa shape index (κ1) is 26.1. The smallest absolute Gasteiger partial charge is 0.227 e. The molecule has 0 bridgehead atoms. The molecule has 0 saturated carbocycles. The average Bonchev–Trinajstić information content (AvgIpc) is 2.83. The van der Waals surface area contributed by atoms with Crippen molar-refractivity contribution in [2.45, 2.75) is 39.7 Å². The van der Waals surface area contributed by atoms with Gasteiger partial charge in [0.1, 0.15) is 5.78 Å². The van der Waals surface area contributed by atoms with Crippen LogP contribution in [0.3, 0.4) is 0 Å². The first-order chi connectivity index (χ1) is 16.5. The highest BCUT2D eigenvalue weighted by atomic mass is 33.1. The number of para-hydroxylation sites is 1. The van der Waals surface area contributed by atoms with Gasteiger partial charge in [0.25, 0.3) is 0 Å². The zero-order valence-electron chi connectivity index (χ0n) is 19.8. The van der Waals surface area contributed by atoms with E-state index in [1.165, 1.54) is 0 Å². The summed E-state index contributed by atoms with van der Waals surface area (Å²) in [4.78, 5) is 38.9. The Kier molecular flexibility index (Phi) is 10.3. The lowest BCUT2D eigenvalue weighted by atomic mass is 10.0. The number of benzene rings is 2. The molecule has 5 nitrogen and oxygen atoms in total. The van der Waals surface area contributed by atoms with Crippen LogP contribution in [0.2, 0.25) is 0 Å². The molecule has 0 unspecified atom stereocenters. The molecule has 34 heavy (non-hydrogen) atoms. The van der Waals surface area contributed by atoms with Crippen LogP contribution < -0.4 is 10.2 Å². The third-order valence-electron chi connectivity index (χ3n) is 5.59. The van der Waals surface area contributed by atoms with Crippen LogP contribution in [-0.2, 0) is 20.9 Å². The summed E-state index contributed by atoms with van der Waals surface area (Å²) >= 11 is 0. The van der Waals surface area contributed by atoms with Crippen molar-refractivity contribution in [2.24, 2.45) is 5.92 Å². The number of hydrogen-bond donors (Lipinski definition) is 1. The highest BCUT2D eigenvalue weighted by Gasteiger charge is 2.21. The van der Waals surface area contributed by atoms with Crippen LogP contribution in [0.25, 0.3) is 12.2 Å². The van der Waals surface area contributed by atoms with Gasteiger partial charge in [0.2, 0.25) is 11.8 Å². The zero-order chi connectivity index (χ0) is 24.3. The second-order valence-corrected chi connectivity index (χ2v) is 11.1. The van der Waals surface area contributed by atoms with Gasteiger partial charge in [-0.3, -0.25) is 14.4 Å². The lowest BCUT2D eigenvalue weighted by molar-refractivity contribution is -0.125. The van der Waals surface area contributed by atoms with E-state index in [4.69, 9.17) is 0 Å². The average molecular weight is 497 g/mol. The molecule has 1 aliphatic rings. The number of ketones is 1. The van der Waals surface area contributed by atoms with Gasteiger partial charge in [-0.25, -0.2) is 0 Å². The van der Waals surface area contributed by atoms with E-state index in [9.17, 15) is 14.4 Å². The van der Waals surface area contributed by atoms with Gasteiger partial charge in [0.15, 0.2) is 0 Å². The molecule has 1 aliphatic heterocycles. The van der Waals surface area contributed by atoms with E-state index in [-0.39, 0.29) is 36.4 Å². The van der Waals surface area contributed by atoms with E-state index in [0.717, 1.165) is 33.9 Å². The third-order valence-corrected chi connectivity index (χ3v) is 8.00. The molecule has 1 N–H and O–H groups in total. The van der Waals surface area contributed by atoms with Crippen LogP contribution in [0.5, 0.6) is 0 Å². The van der Waals surface area contributed by atoms with Crippen molar-refractivity contribution in [3.63, 3.8) is 0 Å². The largest absolute Gasteiger partial charge is 0.355 e. The predicted molar refractivity (Wildman–Crippen MR) is 145 cm³/mol. The minimum absolute atomic E-state index is 0.0625. The Hall–Kier alpha value is -2.51. The minimum Gasteiger partial charge on any atom is -0.355 e. The molecule has 0 aromatic heterocycles. The van der Waals surface area contributed by atoms with Gasteiger partial charge in [0.05, 0.1) is 12.2 Å². The van der Waals surface area contributed by atoms with E-state index in [0.29, 0.717) is 19.5 Å². The van der Waals surface area contributed by atoms with Gasteiger partial charge in [0, 0.05) is 43.2 Å². The summed E-state index contributed by atoms with van der Waals surface area (Å²) < 4.78 is 0. The number of hydrogen-bond acceptors (Lipinski definition) is 5. The number of anilines is 1. The summed E-state index contributed by atoms with van der Waals surface area (Å²) in [7, 11) is 3.31. The maximum atomic E-state index is 13.2. The quantitative estimate of drug-likeness (QED) is 0.324. The normalized spacial score (nSPS) is 13.4. The monoisotopic (exact) mass is 496 g/mol. The standard InChI is InChI=1S/C27H32N2O3S2/c1-20(2)25(30)15-17-33-34-18-16-28-26(31)13-14-27(32)29-19-23-9-4-3-7-21(23)11-12-22-8-5-6-10-24(22)29/h3-12,20H,13-19H2,1-2H3,(H,28,31)/b12-11-. The molecule has 0 spiro atoms. The molecule has 2 amide bonds. The molecule has 0 radical (unpaired) electrons. The topological polar surface area (TPSA) is 66.5 Å². The van der Waals surface area contributed by atoms with Crippen LogP contribution >= 0.6 is 21.6 Å². The Bertz CT molecular complexity index is 1040. The highest BCUT2D eigenvalue weighted by Crippen LogP contribution is 2.29. The summed E-state index contributed by atoms with van der Waals surface area (Å²) in [6.45, 7) is 4.87. The Labute approximate surface area is 210 Å². The second-order valence-electron chi connectivity index (χ2n) is 8.44. The fraction of sp³-hybridized carbons (Fsp3) is 0.370. The maximum absolute atomic E-state index is 13.2. The number of Topliss-reactive ketones (excluding diaryl/α,β-unsaturated/α-hetero) is 1. The van der Waals surface area contributed by atoms with E-state index in [1.807, 2.05) is 68.5 Å². The minimum atomic E-state index is -0.116. The van der Waals surface area contributed by atoms with Gasteiger partial charge >= 0.3 is 0 Å². The van der Waals surface area contributed by atoms with Crippen molar-refractivity contribution in [1.82, 2.24) is 5.32 Å². The highest BCUT2D eigenvalue weighted by molar-refractivity contribution is 8.76. The van der Waals surface area contributed by atoms with E-state index in [2.05, 4.69) is 11.4 Å². The van der Waals surface area contributed by atoms with Gasteiger partial charge in [-0.2, -0.15) is 0 Å². The molecular weight excluding hydrogens is 464 g/mol. The lowest BCUT2D eigenvalue weighted by Gasteiger charge is -2.27. The molecule has 7 heteroatoms. The molecule has 0 saturated heterocycles. The Morgan fingerprint density at radius 3 is 2.35 bits per heavy atom. The molecule has 180 valence electrons. The van der Waals surface area contributed by atoms with Crippen molar-refractivity contribution in [2.75, 3.05) is 23.0 Å². The number of amides is 2. The van der Waals surface area contributed by atoms with Gasteiger partial charge in [-0.05, 0) is 22.8 Å². The first-order valence-corrected chi connectivity index (χ1v) is 14.1. The van der Waals surface area contributed by atoms with Crippen LogP contribution in [0, 0.1) is 5.92 Å². The molecular formula is C27H32N2O3S2. The van der Waals surface area contributed by atoms with Crippen molar-refractivity contribution >= 4 is 57.0 Å².